The smallest absolute Gasteiger partial charge is 0.238 e. The van der Waals surface area contributed by atoms with Gasteiger partial charge in [0.25, 0.3) is 0 Å². The van der Waals surface area contributed by atoms with E-state index in [1.165, 1.54) is 12.5 Å². The van der Waals surface area contributed by atoms with Crippen LogP contribution >= 0.6 is 0 Å². The number of sulfone groups is 1. The molecule has 0 heterocycles. The van der Waals surface area contributed by atoms with E-state index in [9.17, 15) is 13.2 Å². The first-order valence-electron chi connectivity index (χ1n) is 7.95. The molecule has 0 saturated carbocycles. The van der Waals surface area contributed by atoms with Crippen LogP contribution in [0, 0.1) is 0 Å². The highest BCUT2D eigenvalue weighted by molar-refractivity contribution is 7.93. The van der Waals surface area contributed by atoms with Crippen molar-refractivity contribution in [3.63, 3.8) is 0 Å². The second-order valence-corrected chi connectivity index (χ2v) is 8.98. The van der Waals surface area contributed by atoms with Crippen LogP contribution in [0.4, 0.5) is 0 Å². The Kier molecular flexibility index (Phi) is 7.22. The molecule has 1 atom stereocenters. The van der Waals surface area contributed by atoms with Crippen LogP contribution in [-0.4, -0.2) is 43.3 Å². The minimum atomic E-state index is -3.43. The molecule has 0 bridgehead atoms. The molecule has 0 spiro atoms. The predicted molar refractivity (Wildman–Crippen MR) is 93.8 cm³/mol. The first-order chi connectivity index (χ1) is 10.7. The zero-order chi connectivity index (χ0) is 17.6. The lowest BCUT2D eigenvalue weighted by Crippen LogP contribution is -2.40. The summed E-state index contributed by atoms with van der Waals surface area (Å²) in [5.74, 6) is -0.449. The van der Waals surface area contributed by atoms with Crippen molar-refractivity contribution >= 4 is 15.7 Å². The molecular formula is C17H28N2O3S. The molecule has 23 heavy (non-hydrogen) atoms. The SMILES string of the molecule is CCN(C)Cc1cccc(CNC(=O)[C@@H](C)S(=O)(=O)C(C)C)c1. The van der Waals surface area contributed by atoms with Crippen LogP contribution < -0.4 is 5.32 Å². The highest BCUT2D eigenvalue weighted by Gasteiger charge is 2.30. The lowest BCUT2D eigenvalue weighted by Gasteiger charge is -2.16. The first kappa shape index (κ1) is 19.6. The van der Waals surface area contributed by atoms with Crippen LogP contribution in [0.15, 0.2) is 24.3 Å². The van der Waals surface area contributed by atoms with E-state index in [2.05, 4.69) is 17.1 Å². The van der Waals surface area contributed by atoms with Crippen molar-refractivity contribution in [1.82, 2.24) is 10.2 Å². The van der Waals surface area contributed by atoms with Crippen LogP contribution in [0.1, 0.15) is 38.8 Å². The first-order valence-corrected chi connectivity index (χ1v) is 9.56. The van der Waals surface area contributed by atoms with Gasteiger partial charge in [-0.25, -0.2) is 8.42 Å². The quantitative estimate of drug-likeness (QED) is 0.786. The van der Waals surface area contributed by atoms with Gasteiger partial charge in [-0.2, -0.15) is 0 Å². The maximum atomic E-state index is 12.1. The average Bonchev–Trinajstić information content (AvgIpc) is 2.51. The fourth-order valence-corrected chi connectivity index (χ4v) is 3.35. The van der Waals surface area contributed by atoms with Crippen LogP contribution in [0.25, 0.3) is 0 Å². The normalized spacial score (nSPS) is 13.3. The Balaban J connectivity index is 2.68. The van der Waals surface area contributed by atoms with Gasteiger partial charge in [0.1, 0.15) is 5.25 Å². The molecule has 6 heteroatoms. The summed E-state index contributed by atoms with van der Waals surface area (Å²) in [4.78, 5) is 14.3. The molecule has 130 valence electrons. The third-order valence-electron chi connectivity index (χ3n) is 3.97. The Labute approximate surface area is 140 Å². The maximum absolute atomic E-state index is 12.1. The van der Waals surface area contributed by atoms with E-state index < -0.39 is 26.2 Å². The maximum Gasteiger partial charge on any atom is 0.238 e. The summed E-state index contributed by atoms with van der Waals surface area (Å²) in [7, 11) is -1.38. The number of nitrogens with zero attached hydrogens (tertiary/aromatic N) is 1. The van der Waals surface area contributed by atoms with E-state index in [1.807, 2.05) is 31.3 Å². The van der Waals surface area contributed by atoms with E-state index in [-0.39, 0.29) is 0 Å². The molecule has 0 radical (unpaired) electrons. The Morgan fingerprint density at radius 3 is 2.39 bits per heavy atom. The molecule has 0 aliphatic rings. The fourth-order valence-electron chi connectivity index (χ4n) is 2.15. The predicted octanol–water partition coefficient (Wildman–Crippen LogP) is 1.97. The van der Waals surface area contributed by atoms with Gasteiger partial charge in [0, 0.05) is 13.1 Å². The van der Waals surface area contributed by atoms with Crippen molar-refractivity contribution in [1.29, 1.82) is 0 Å². The molecule has 1 aromatic rings. The molecule has 0 unspecified atom stereocenters. The molecule has 0 aliphatic heterocycles. The number of benzene rings is 1. The number of hydrogen-bond donors (Lipinski definition) is 1. The Bertz CT molecular complexity index is 626. The van der Waals surface area contributed by atoms with Crippen molar-refractivity contribution in [3.05, 3.63) is 35.4 Å². The molecule has 0 aromatic heterocycles. The van der Waals surface area contributed by atoms with Gasteiger partial charge in [-0.05, 0) is 45.5 Å². The van der Waals surface area contributed by atoms with Crippen molar-refractivity contribution in [2.75, 3.05) is 13.6 Å². The summed E-state index contributed by atoms with van der Waals surface area (Å²) in [5.41, 5.74) is 2.14. The summed E-state index contributed by atoms with van der Waals surface area (Å²) in [6.45, 7) is 8.86. The van der Waals surface area contributed by atoms with Gasteiger partial charge in [-0.3, -0.25) is 4.79 Å². The summed E-state index contributed by atoms with van der Waals surface area (Å²) in [5, 5.41) is 1.13. The molecule has 1 amide bonds. The molecule has 1 rings (SSSR count). The highest BCUT2D eigenvalue weighted by Crippen LogP contribution is 2.11. The Morgan fingerprint density at radius 1 is 1.22 bits per heavy atom. The minimum Gasteiger partial charge on any atom is -0.351 e. The number of carbonyl (C=O) groups excluding carboxylic acids is 1. The van der Waals surface area contributed by atoms with Crippen LogP contribution in [0.5, 0.6) is 0 Å². The van der Waals surface area contributed by atoms with Crippen molar-refractivity contribution < 1.29 is 13.2 Å². The lowest BCUT2D eigenvalue weighted by atomic mass is 10.1. The number of carbonyl (C=O) groups is 1. The van der Waals surface area contributed by atoms with Crippen molar-refractivity contribution in [2.45, 2.75) is 51.3 Å². The topological polar surface area (TPSA) is 66.5 Å². The third kappa shape index (κ3) is 5.62. The lowest BCUT2D eigenvalue weighted by molar-refractivity contribution is -0.120. The largest absolute Gasteiger partial charge is 0.351 e. The van der Waals surface area contributed by atoms with E-state index in [0.717, 1.165) is 18.7 Å². The molecule has 0 aliphatic carbocycles. The van der Waals surface area contributed by atoms with Gasteiger partial charge in [-0.15, -0.1) is 0 Å². The fraction of sp³-hybridized carbons (Fsp3) is 0.588. The van der Waals surface area contributed by atoms with Crippen LogP contribution in [0.3, 0.4) is 0 Å². The Morgan fingerprint density at radius 2 is 1.83 bits per heavy atom. The highest BCUT2D eigenvalue weighted by atomic mass is 32.2. The van der Waals surface area contributed by atoms with Crippen molar-refractivity contribution in [2.24, 2.45) is 0 Å². The summed E-state index contributed by atoms with van der Waals surface area (Å²) in [6, 6.07) is 7.96. The van der Waals surface area contributed by atoms with E-state index in [4.69, 9.17) is 0 Å². The van der Waals surface area contributed by atoms with Crippen LogP contribution in [0.2, 0.25) is 0 Å². The van der Waals surface area contributed by atoms with Crippen molar-refractivity contribution in [3.8, 4) is 0 Å². The monoisotopic (exact) mass is 340 g/mol. The summed E-state index contributed by atoms with van der Waals surface area (Å²) in [6.07, 6.45) is 0. The molecule has 5 nitrogen and oxygen atoms in total. The van der Waals surface area contributed by atoms with E-state index in [0.29, 0.717) is 6.54 Å². The van der Waals surface area contributed by atoms with Gasteiger partial charge < -0.3 is 10.2 Å². The standard InChI is InChI=1S/C17H28N2O3S/c1-6-19(5)12-16-9-7-8-15(10-16)11-18-17(20)14(4)23(21,22)13(2)3/h7-10,13-14H,6,11-12H2,1-5H3,(H,18,20)/t14-/m1/s1. The molecule has 0 saturated heterocycles. The van der Waals surface area contributed by atoms with Crippen LogP contribution in [-0.2, 0) is 27.7 Å². The zero-order valence-electron chi connectivity index (χ0n) is 14.7. The zero-order valence-corrected chi connectivity index (χ0v) is 15.5. The molecular weight excluding hydrogens is 312 g/mol. The second-order valence-electron chi connectivity index (χ2n) is 6.15. The number of amides is 1. The number of nitrogens with one attached hydrogen (secondary N) is 1. The second kappa shape index (κ2) is 8.45. The van der Waals surface area contributed by atoms with Gasteiger partial charge >= 0.3 is 0 Å². The number of hydrogen-bond acceptors (Lipinski definition) is 4. The third-order valence-corrected chi connectivity index (χ3v) is 6.48. The Hall–Kier alpha value is -1.40. The number of rotatable bonds is 8. The van der Waals surface area contributed by atoms with Gasteiger partial charge in [-0.1, -0.05) is 31.2 Å². The van der Waals surface area contributed by atoms with E-state index in [1.54, 1.807) is 13.8 Å². The van der Waals surface area contributed by atoms with E-state index >= 15 is 0 Å². The summed E-state index contributed by atoms with van der Waals surface area (Å²) >= 11 is 0. The van der Waals surface area contributed by atoms with Gasteiger partial charge in [0.05, 0.1) is 5.25 Å². The van der Waals surface area contributed by atoms with Gasteiger partial charge in [0.15, 0.2) is 9.84 Å². The average molecular weight is 340 g/mol. The molecule has 0 fully saturated rings. The molecule has 1 N–H and O–H groups in total. The minimum absolute atomic E-state index is 0.334. The summed E-state index contributed by atoms with van der Waals surface area (Å²) < 4.78 is 24.1. The van der Waals surface area contributed by atoms with Gasteiger partial charge in [0.2, 0.25) is 5.91 Å². The molecule has 1 aromatic carbocycles.